The molecule has 0 fully saturated rings. The molecule has 0 aliphatic carbocycles. The van der Waals surface area contributed by atoms with Crippen LogP contribution < -0.4 is 15.7 Å². The van der Waals surface area contributed by atoms with Gasteiger partial charge in [-0.25, -0.2) is 10.1 Å². The van der Waals surface area contributed by atoms with E-state index in [0.29, 0.717) is 23.3 Å². The van der Waals surface area contributed by atoms with E-state index < -0.39 is 5.91 Å². The number of ether oxygens (including phenoxy) is 1. The standard InChI is InChI=1S/C22H24N4O3/c1-15(2)12-13-29-17-10-8-16(9-11-17)14-23-24-21(27)20-18-6-4-5-7-19(18)22(28)26(3)25-20/h4-11,14-15H,12-13H2,1-3H3,(H,24,27)/b23-14+. The van der Waals surface area contributed by atoms with Crippen molar-refractivity contribution in [2.45, 2.75) is 20.3 Å². The number of fused-ring (bicyclic) bond motifs is 1. The van der Waals surface area contributed by atoms with Crippen LogP contribution >= 0.6 is 0 Å². The molecule has 1 aromatic heterocycles. The molecule has 0 unspecified atom stereocenters. The van der Waals surface area contributed by atoms with Crippen molar-refractivity contribution in [2.75, 3.05) is 6.61 Å². The zero-order valence-electron chi connectivity index (χ0n) is 16.8. The molecule has 0 atom stereocenters. The topological polar surface area (TPSA) is 85.6 Å². The molecule has 0 saturated heterocycles. The minimum absolute atomic E-state index is 0.147. The summed E-state index contributed by atoms with van der Waals surface area (Å²) in [6.07, 6.45) is 2.54. The first-order valence-electron chi connectivity index (χ1n) is 9.48. The maximum atomic E-state index is 12.5. The van der Waals surface area contributed by atoms with Crippen LogP contribution in [0, 0.1) is 5.92 Å². The SMILES string of the molecule is CC(C)CCOc1ccc(/C=N/NC(=O)c2nn(C)c(=O)c3ccccc23)cc1. The summed E-state index contributed by atoms with van der Waals surface area (Å²) >= 11 is 0. The molecule has 3 rings (SSSR count). The van der Waals surface area contributed by atoms with Crippen molar-refractivity contribution in [2.24, 2.45) is 18.1 Å². The molecule has 29 heavy (non-hydrogen) atoms. The van der Waals surface area contributed by atoms with Gasteiger partial charge in [-0.15, -0.1) is 0 Å². The molecule has 0 saturated carbocycles. The lowest BCUT2D eigenvalue weighted by Crippen LogP contribution is -2.27. The minimum atomic E-state index is -0.485. The molecule has 0 spiro atoms. The van der Waals surface area contributed by atoms with E-state index in [4.69, 9.17) is 4.74 Å². The second-order valence-corrected chi connectivity index (χ2v) is 7.12. The number of aryl methyl sites for hydroxylation is 1. The number of carbonyl (C=O) groups excluding carboxylic acids is 1. The predicted molar refractivity (Wildman–Crippen MR) is 113 cm³/mol. The fourth-order valence-corrected chi connectivity index (χ4v) is 2.75. The minimum Gasteiger partial charge on any atom is -0.494 e. The Balaban J connectivity index is 1.67. The van der Waals surface area contributed by atoms with Gasteiger partial charge < -0.3 is 4.74 Å². The van der Waals surface area contributed by atoms with Crippen LogP contribution in [-0.2, 0) is 7.05 Å². The van der Waals surface area contributed by atoms with E-state index in [9.17, 15) is 9.59 Å². The molecule has 2 aromatic carbocycles. The largest absolute Gasteiger partial charge is 0.494 e. The van der Waals surface area contributed by atoms with Crippen LogP contribution in [0.25, 0.3) is 10.8 Å². The van der Waals surface area contributed by atoms with Gasteiger partial charge in [-0.3, -0.25) is 9.59 Å². The third-order valence-electron chi connectivity index (χ3n) is 4.40. The quantitative estimate of drug-likeness (QED) is 0.494. The van der Waals surface area contributed by atoms with E-state index in [-0.39, 0.29) is 11.3 Å². The Morgan fingerprint density at radius 1 is 1.17 bits per heavy atom. The summed E-state index contributed by atoms with van der Waals surface area (Å²) in [4.78, 5) is 24.7. The number of aromatic nitrogens is 2. The van der Waals surface area contributed by atoms with Gasteiger partial charge in [0, 0.05) is 12.4 Å². The Morgan fingerprint density at radius 3 is 2.55 bits per heavy atom. The van der Waals surface area contributed by atoms with Crippen LogP contribution in [0.1, 0.15) is 36.3 Å². The highest BCUT2D eigenvalue weighted by molar-refractivity contribution is 6.04. The van der Waals surface area contributed by atoms with Crippen LogP contribution in [0.5, 0.6) is 5.75 Å². The highest BCUT2D eigenvalue weighted by atomic mass is 16.5. The van der Waals surface area contributed by atoms with Gasteiger partial charge in [0.2, 0.25) is 0 Å². The molecule has 1 heterocycles. The molecule has 1 N–H and O–H groups in total. The van der Waals surface area contributed by atoms with Crippen molar-refractivity contribution in [3.8, 4) is 5.75 Å². The molecule has 7 heteroatoms. The van der Waals surface area contributed by atoms with Crippen molar-refractivity contribution in [1.82, 2.24) is 15.2 Å². The third kappa shape index (κ3) is 5.07. The highest BCUT2D eigenvalue weighted by Gasteiger charge is 2.14. The van der Waals surface area contributed by atoms with Crippen LogP contribution in [0.15, 0.2) is 58.4 Å². The summed E-state index contributed by atoms with van der Waals surface area (Å²) in [5, 5.41) is 9.01. The number of hydrazone groups is 1. The monoisotopic (exact) mass is 392 g/mol. The van der Waals surface area contributed by atoms with E-state index in [1.54, 1.807) is 30.5 Å². The van der Waals surface area contributed by atoms with Gasteiger partial charge in [-0.2, -0.15) is 10.2 Å². The maximum Gasteiger partial charge on any atom is 0.292 e. The fourth-order valence-electron chi connectivity index (χ4n) is 2.75. The maximum absolute atomic E-state index is 12.5. The van der Waals surface area contributed by atoms with Crippen molar-refractivity contribution >= 4 is 22.9 Å². The first-order chi connectivity index (χ1) is 14.0. The molecule has 0 radical (unpaired) electrons. The van der Waals surface area contributed by atoms with Crippen molar-refractivity contribution in [1.29, 1.82) is 0 Å². The Morgan fingerprint density at radius 2 is 1.86 bits per heavy atom. The highest BCUT2D eigenvalue weighted by Crippen LogP contribution is 2.14. The number of nitrogens with one attached hydrogen (secondary N) is 1. The zero-order valence-corrected chi connectivity index (χ0v) is 16.8. The molecular weight excluding hydrogens is 368 g/mol. The van der Waals surface area contributed by atoms with Crippen LogP contribution in [0.2, 0.25) is 0 Å². The number of rotatable bonds is 7. The first kappa shape index (κ1) is 20.3. The van der Waals surface area contributed by atoms with Gasteiger partial charge in [0.15, 0.2) is 5.69 Å². The Kier molecular flexibility index (Phi) is 6.39. The van der Waals surface area contributed by atoms with E-state index in [1.165, 1.54) is 7.05 Å². The molecule has 0 aliphatic rings. The molecule has 0 aliphatic heterocycles. The Bertz CT molecular complexity index is 1090. The second kappa shape index (κ2) is 9.14. The summed E-state index contributed by atoms with van der Waals surface area (Å²) in [7, 11) is 1.51. The Hall–Kier alpha value is -3.48. The van der Waals surface area contributed by atoms with Crippen molar-refractivity contribution < 1.29 is 9.53 Å². The molecule has 1 amide bonds. The number of hydrogen-bond donors (Lipinski definition) is 1. The molecule has 3 aromatic rings. The summed E-state index contributed by atoms with van der Waals surface area (Å²) in [5.41, 5.74) is 3.18. The van der Waals surface area contributed by atoms with E-state index in [2.05, 4.69) is 29.5 Å². The van der Waals surface area contributed by atoms with E-state index in [0.717, 1.165) is 22.4 Å². The number of carbonyl (C=O) groups is 1. The van der Waals surface area contributed by atoms with Crippen LogP contribution in [0.4, 0.5) is 0 Å². The zero-order chi connectivity index (χ0) is 20.8. The molecule has 7 nitrogen and oxygen atoms in total. The summed E-state index contributed by atoms with van der Waals surface area (Å²) in [6.45, 7) is 5.00. The molecular formula is C22H24N4O3. The van der Waals surface area contributed by atoms with Gasteiger partial charge >= 0.3 is 0 Å². The van der Waals surface area contributed by atoms with Gasteiger partial charge in [0.1, 0.15) is 5.75 Å². The van der Waals surface area contributed by atoms with Crippen molar-refractivity contribution in [3.05, 3.63) is 70.1 Å². The lowest BCUT2D eigenvalue weighted by molar-refractivity contribution is 0.0950. The molecule has 0 bridgehead atoms. The first-order valence-corrected chi connectivity index (χ1v) is 9.48. The summed E-state index contributed by atoms with van der Waals surface area (Å²) < 4.78 is 6.84. The van der Waals surface area contributed by atoms with E-state index in [1.807, 2.05) is 24.3 Å². The summed E-state index contributed by atoms with van der Waals surface area (Å²) in [5.74, 6) is 0.915. The van der Waals surface area contributed by atoms with Gasteiger partial charge in [-0.1, -0.05) is 32.0 Å². The average Bonchev–Trinajstić information content (AvgIpc) is 2.71. The van der Waals surface area contributed by atoms with Crippen molar-refractivity contribution in [3.63, 3.8) is 0 Å². The molecule has 150 valence electrons. The van der Waals surface area contributed by atoms with Gasteiger partial charge in [0.25, 0.3) is 11.5 Å². The van der Waals surface area contributed by atoms with Crippen LogP contribution in [-0.4, -0.2) is 28.5 Å². The second-order valence-electron chi connectivity index (χ2n) is 7.12. The summed E-state index contributed by atoms with van der Waals surface area (Å²) in [6, 6.07) is 14.3. The smallest absolute Gasteiger partial charge is 0.292 e. The number of hydrogen-bond acceptors (Lipinski definition) is 5. The third-order valence-corrected chi connectivity index (χ3v) is 4.40. The Labute approximate surface area is 169 Å². The average molecular weight is 392 g/mol. The lowest BCUT2D eigenvalue weighted by Gasteiger charge is -2.08. The van der Waals surface area contributed by atoms with Gasteiger partial charge in [0.05, 0.1) is 18.2 Å². The van der Waals surface area contributed by atoms with Gasteiger partial charge in [-0.05, 0) is 48.2 Å². The predicted octanol–water partition coefficient (Wildman–Crippen LogP) is 3.12. The number of benzene rings is 2. The van der Waals surface area contributed by atoms with E-state index >= 15 is 0 Å². The fraction of sp³-hybridized carbons (Fsp3) is 0.273. The normalized spacial score (nSPS) is 11.3. The lowest BCUT2D eigenvalue weighted by atomic mass is 10.1. The van der Waals surface area contributed by atoms with Crippen LogP contribution in [0.3, 0.4) is 0 Å². The number of nitrogens with zero attached hydrogens (tertiary/aromatic N) is 3. The number of amides is 1.